The smallest absolute Gasteiger partial charge is 0.337 e. The van der Waals surface area contributed by atoms with Gasteiger partial charge in [0.1, 0.15) is 10.4 Å². The monoisotopic (exact) mass is 469 g/mol. The van der Waals surface area contributed by atoms with Crippen LogP contribution in [0.25, 0.3) is 0 Å². The molecule has 8 nitrogen and oxygen atoms in total. The average molecular weight is 470 g/mol. The molecule has 1 fully saturated rings. The molecule has 1 saturated heterocycles. The number of esters is 1. The summed E-state index contributed by atoms with van der Waals surface area (Å²) in [6.45, 7) is 0.490. The fourth-order valence-electron chi connectivity index (χ4n) is 3.03. The third-order valence-electron chi connectivity index (χ3n) is 4.42. The van der Waals surface area contributed by atoms with Crippen LogP contribution in [0.5, 0.6) is 0 Å². The Balaban J connectivity index is 1.74. The molecule has 2 N–H and O–H groups in total. The SMILES string of the molecule is COC(=O)c1cccc(NC(=O)C[C@@H]2C(=O)NCCN2C(=O)c2cc(Cl)sc2Cl)c1. The second kappa shape index (κ2) is 9.46. The van der Waals surface area contributed by atoms with E-state index in [2.05, 4.69) is 15.4 Å². The van der Waals surface area contributed by atoms with Crippen LogP contribution in [0.15, 0.2) is 30.3 Å². The minimum absolute atomic E-state index is 0.192. The van der Waals surface area contributed by atoms with Crippen molar-refractivity contribution in [3.05, 3.63) is 50.1 Å². The molecule has 0 spiro atoms. The lowest BCUT2D eigenvalue weighted by Gasteiger charge is -2.34. The van der Waals surface area contributed by atoms with E-state index in [9.17, 15) is 19.2 Å². The number of hydrogen-bond acceptors (Lipinski definition) is 6. The number of amides is 3. The Kier molecular flexibility index (Phi) is 6.96. The van der Waals surface area contributed by atoms with Crippen molar-refractivity contribution >= 4 is 63.9 Å². The number of piperazine rings is 1. The van der Waals surface area contributed by atoms with E-state index in [0.717, 1.165) is 11.3 Å². The summed E-state index contributed by atoms with van der Waals surface area (Å²) in [5.41, 5.74) is 0.828. The van der Waals surface area contributed by atoms with Gasteiger partial charge >= 0.3 is 5.97 Å². The van der Waals surface area contributed by atoms with Gasteiger partial charge in [-0.15, -0.1) is 11.3 Å². The van der Waals surface area contributed by atoms with Crippen LogP contribution in [0.1, 0.15) is 27.1 Å². The van der Waals surface area contributed by atoms with Crippen LogP contribution in [-0.4, -0.2) is 54.8 Å². The normalized spacial score (nSPS) is 16.0. The van der Waals surface area contributed by atoms with Gasteiger partial charge in [-0.1, -0.05) is 29.3 Å². The lowest BCUT2D eigenvalue weighted by molar-refractivity contribution is -0.131. The molecule has 0 radical (unpaired) electrons. The Morgan fingerprint density at radius 3 is 2.73 bits per heavy atom. The first-order valence-electron chi connectivity index (χ1n) is 8.82. The summed E-state index contributed by atoms with van der Waals surface area (Å²) in [5, 5.41) is 5.29. The van der Waals surface area contributed by atoms with Gasteiger partial charge in [-0.3, -0.25) is 14.4 Å². The molecule has 30 heavy (non-hydrogen) atoms. The van der Waals surface area contributed by atoms with Gasteiger partial charge < -0.3 is 20.3 Å². The highest BCUT2D eigenvalue weighted by molar-refractivity contribution is 7.20. The number of hydrogen-bond donors (Lipinski definition) is 2. The predicted octanol–water partition coefficient (Wildman–Crippen LogP) is 2.81. The Morgan fingerprint density at radius 2 is 2.07 bits per heavy atom. The zero-order chi connectivity index (χ0) is 21.8. The van der Waals surface area contributed by atoms with Crippen LogP contribution in [0.2, 0.25) is 8.67 Å². The van der Waals surface area contributed by atoms with Crippen LogP contribution < -0.4 is 10.6 Å². The van der Waals surface area contributed by atoms with Crippen molar-refractivity contribution in [2.75, 3.05) is 25.5 Å². The lowest BCUT2D eigenvalue weighted by atomic mass is 10.1. The molecule has 3 amide bonds. The second-order valence-electron chi connectivity index (χ2n) is 6.37. The van der Waals surface area contributed by atoms with Gasteiger partial charge in [0.25, 0.3) is 5.91 Å². The number of halogens is 2. The first-order valence-corrected chi connectivity index (χ1v) is 10.4. The maximum absolute atomic E-state index is 12.9. The number of thiophene rings is 1. The quantitative estimate of drug-likeness (QED) is 0.654. The number of anilines is 1. The van der Waals surface area contributed by atoms with Crippen LogP contribution in [0.4, 0.5) is 5.69 Å². The Bertz CT molecular complexity index is 1010. The summed E-state index contributed by atoms with van der Waals surface area (Å²) in [5.74, 6) is -1.94. The van der Waals surface area contributed by atoms with E-state index in [1.54, 1.807) is 18.2 Å². The van der Waals surface area contributed by atoms with Crippen molar-refractivity contribution in [3.8, 4) is 0 Å². The van der Waals surface area contributed by atoms with Crippen LogP contribution in [0, 0.1) is 0 Å². The van der Waals surface area contributed by atoms with Gasteiger partial charge in [-0.05, 0) is 24.3 Å². The van der Waals surface area contributed by atoms with E-state index in [0.29, 0.717) is 10.0 Å². The molecule has 0 aliphatic carbocycles. The number of carbonyl (C=O) groups is 4. The average Bonchev–Trinajstić information content (AvgIpc) is 3.06. The molecule has 1 aromatic heterocycles. The summed E-state index contributed by atoms with van der Waals surface area (Å²) >= 11 is 13.0. The minimum atomic E-state index is -1.01. The topological polar surface area (TPSA) is 105 Å². The first kappa shape index (κ1) is 22.1. The van der Waals surface area contributed by atoms with E-state index in [-0.39, 0.29) is 35.0 Å². The predicted molar refractivity (Wildman–Crippen MR) is 113 cm³/mol. The van der Waals surface area contributed by atoms with E-state index in [1.165, 1.54) is 24.1 Å². The lowest BCUT2D eigenvalue weighted by Crippen LogP contribution is -2.58. The molecule has 0 unspecified atom stereocenters. The highest BCUT2D eigenvalue weighted by Crippen LogP contribution is 2.32. The molecule has 0 saturated carbocycles. The number of ether oxygens (including phenoxy) is 1. The van der Waals surface area contributed by atoms with E-state index < -0.39 is 29.7 Å². The van der Waals surface area contributed by atoms with Gasteiger partial charge in [0, 0.05) is 18.8 Å². The largest absolute Gasteiger partial charge is 0.465 e. The van der Waals surface area contributed by atoms with E-state index in [4.69, 9.17) is 23.2 Å². The molecule has 1 aliphatic rings. The number of rotatable bonds is 5. The Labute approximate surface area is 186 Å². The molecule has 1 aromatic carbocycles. The molecule has 2 heterocycles. The Morgan fingerprint density at radius 1 is 1.30 bits per heavy atom. The molecule has 1 aliphatic heterocycles. The summed E-state index contributed by atoms with van der Waals surface area (Å²) in [7, 11) is 1.26. The molecule has 0 bridgehead atoms. The number of methoxy groups -OCH3 is 1. The van der Waals surface area contributed by atoms with E-state index >= 15 is 0 Å². The van der Waals surface area contributed by atoms with Crippen molar-refractivity contribution in [2.24, 2.45) is 0 Å². The highest BCUT2D eigenvalue weighted by Gasteiger charge is 2.36. The number of nitrogens with zero attached hydrogens (tertiary/aromatic N) is 1. The van der Waals surface area contributed by atoms with Crippen molar-refractivity contribution in [1.82, 2.24) is 10.2 Å². The van der Waals surface area contributed by atoms with Crippen LogP contribution >= 0.6 is 34.5 Å². The second-order valence-corrected chi connectivity index (χ2v) is 8.65. The summed E-state index contributed by atoms with van der Waals surface area (Å²) in [4.78, 5) is 50.8. The van der Waals surface area contributed by atoms with Crippen molar-refractivity contribution in [3.63, 3.8) is 0 Å². The van der Waals surface area contributed by atoms with Gasteiger partial charge in [-0.2, -0.15) is 0 Å². The fourth-order valence-corrected chi connectivity index (χ4v) is 4.48. The molecular formula is C19H17Cl2N3O5S. The van der Waals surface area contributed by atoms with Crippen molar-refractivity contribution in [1.29, 1.82) is 0 Å². The summed E-state index contributed by atoms with van der Waals surface area (Å²) < 4.78 is 5.23. The molecule has 158 valence electrons. The van der Waals surface area contributed by atoms with Crippen LogP contribution in [0.3, 0.4) is 0 Å². The van der Waals surface area contributed by atoms with Gasteiger partial charge in [0.15, 0.2) is 0 Å². The molecule has 1 atom stereocenters. The number of benzene rings is 1. The number of nitrogens with one attached hydrogen (secondary N) is 2. The van der Waals surface area contributed by atoms with Gasteiger partial charge in [-0.25, -0.2) is 4.79 Å². The van der Waals surface area contributed by atoms with Gasteiger partial charge in [0.2, 0.25) is 11.8 Å². The van der Waals surface area contributed by atoms with Gasteiger partial charge in [0.05, 0.1) is 29.0 Å². The highest BCUT2D eigenvalue weighted by atomic mass is 35.5. The van der Waals surface area contributed by atoms with Crippen molar-refractivity contribution < 1.29 is 23.9 Å². The summed E-state index contributed by atoms with van der Waals surface area (Å²) in [6.07, 6.45) is -0.268. The third-order valence-corrected chi connectivity index (χ3v) is 5.91. The first-order chi connectivity index (χ1) is 14.3. The van der Waals surface area contributed by atoms with Crippen molar-refractivity contribution in [2.45, 2.75) is 12.5 Å². The fraction of sp³-hybridized carbons (Fsp3) is 0.263. The maximum Gasteiger partial charge on any atom is 0.337 e. The molecule has 11 heteroatoms. The Hall–Kier alpha value is -2.62. The zero-order valence-corrected chi connectivity index (χ0v) is 18.1. The van der Waals surface area contributed by atoms with E-state index in [1.807, 2.05) is 0 Å². The zero-order valence-electron chi connectivity index (χ0n) is 15.7. The standard InChI is InChI=1S/C19H17Cl2N3O5S/c1-29-19(28)10-3-2-4-11(7-10)23-15(25)9-13-17(26)22-5-6-24(13)18(27)12-8-14(20)30-16(12)21/h2-4,7-8,13H,5-6,9H2,1H3,(H,22,26)(H,23,25)/t13-/m1/s1. The molecule has 2 aromatic rings. The molecular weight excluding hydrogens is 453 g/mol. The molecule has 3 rings (SSSR count). The number of carbonyl (C=O) groups excluding carboxylic acids is 4. The summed E-state index contributed by atoms with van der Waals surface area (Å²) in [6, 6.07) is 6.63. The third kappa shape index (κ3) is 4.92. The van der Waals surface area contributed by atoms with Crippen LogP contribution in [-0.2, 0) is 14.3 Å². The maximum atomic E-state index is 12.9. The minimum Gasteiger partial charge on any atom is -0.465 e.